The first kappa shape index (κ1) is 29.0. The number of hydrogen-bond acceptors (Lipinski definition) is 7. The lowest BCUT2D eigenvalue weighted by atomic mass is 10.1. The fourth-order valence-electron chi connectivity index (χ4n) is 4.75. The number of aromatic nitrogens is 4. The molecule has 0 saturated carbocycles. The Kier molecular flexibility index (Phi) is 10.1. The Balaban J connectivity index is 1.51. The van der Waals surface area contributed by atoms with Gasteiger partial charge in [-0.3, -0.25) is 14.0 Å². The topological polar surface area (TPSA) is 97.5 Å². The molecule has 4 rings (SSSR count). The fraction of sp³-hybridized carbons (Fsp3) is 0.419. The third kappa shape index (κ3) is 6.96. The van der Waals surface area contributed by atoms with Crippen LogP contribution in [0.15, 0.2) is 59.4 Å². The van der Waals surface area contributed by atoms with Gasteiger partial charge in [0.25, 0.3) is 5.56 Å². The van der Waals surface area contributed by atoms with Gasteiger partial charge in [-0.2, -0.15) is 5.10 Å². The van der Waals surface area contributed by atoms with Gasteiger partial charge >= 0.3 is 5.97 Å². The largest absolute Gasteiger partial charge is 0.492 e. The van der Waals surface area contributed by atoms with Crippen molar-refractivity contribution in [3.63, 3.8) is 0 Å². The molecule has 2 aromatic carbocycles. The van der Waals surface area contributed by atoms with E-state index in [2.05, 4.69) is 12.0 Å². The molecular formula is C31H38N4O5. The van der Waals surface area contributed by atoms with Crippen LogP contribution in [-0.4, -0.2) is 51.2 Å². The summed E-state index contributed by atoms with van der Waals surface area (Å²) in [5.74, 6) is 1.00. The number of nitrogens with zero attached hydrogens (tertiary/aromatic N) is 4. The van der Waals surface area contributed by atoms with Crippen molar-refractivity contribution in [2.75, 3.05) is 19.8 Å². The summed E-state index contributed by atoms with van der Waals surface area (Å²) in [4.78, 5) is 30.8. The maximum absolute atomic E-state index is 13.7. The second-order valence-electron chi connectivity index (χ2n) is 9.56. The SMILES string of the molecule is CCCc1nn(C)c2c(=O)n(CCOc3ccc(CC(OCC)C(=O)OCC)cc3)c(Cc3ccccc3)nc12. The highest BCUT2D eigenvalue weighted by atomic mass is 16.6. The molecule has 0 amide bonds. The van der Waals surface area contributed by atoms with Crippen molar-refractivity contribution in [1.82, 2.24) is 19.3 Å². The molecule has 1 atom stereocenters. The van der Waals surface area contributed by atoms with Crippen molar-refractivity contribution >= 4 is 17.0 Å². The van der Waals surface area contributed by atoms with Crippen LogP contribution in [0.3, 0.4) is 0 Å². The van der Waals surface area contributed by atoms with E-state index in [1.165, 1.54) is 0 Å². The van der Waals surface area contributed by atoms with Gasteiger partial charge in [0, 0.05) is 26.5 Å². The van der Waals surface area contributed by atoms with Crippen molar-refractivity contribution in [3.8, 4) is 5.75 Å². The molecule has 0 N–H and O–H groups in total. The Hall–Kier alpha value is -3.98. The Labute approximate surface area is 234 Å². The molecule has 0 aliphatic heterocycles. The molecule has 9 nitrogen and oxygen atoms in total. The lowest BCUT2D eigenvalue weighted by molar-refractivity contribution is -0.156. The number of benzene rings is 2. The highest BCUT2D eigenvalue weighted by Gasteiger charge is 2.21. The van der Waals surface area contributed by atoms with E-state index in [9.17, 15) is 9.59 Å². The fourth-order valence-corrected chi connectivity index (χ4v) is 4.75. The minimum Gasteiger partial charge on any atom is -0.492 e. The van der Waals surface area contributed by atoms with E-state index in [4.69, 9.17) is 19.2 Å². The number of carbonyl (C=O) groups excluding carboxylic acids is 1. The van der Waals surface area contributed by atoms with Gasteiger partial charge in [-0.1, -0.05) is 55.8 Å². The van der Waals surface area contributed by atoms with Gasteiger partial charge in [0.2, 0.25) is 0 Å². The minimum atomic E-state index is -0.640. The maximum atomic E-state index is 13.7. The summed E-state index contributed by atoms with van der Waals surface area (Å²) in [6, 6.07) is 17.5. The third-order valence-corrected chi connectivity index (χ3v) is 6.63. The van der Waals surface area contributed by atoms with Gasteiger partial charge in [0.15, 0.2) is 11.6 Å². The van der Waals surface area contributed by atoms with E-state index < -0.39 is 6.10 Å². The Bertz CT molecular complexity index is 1460. The van der Waals surface area contributed by atoms with Crippen molar-refractivity contribution in [3.05, 3.63) is 87.6 Å². The van der Waals surface area contributed by atoms with E-state index in [0.29, 0.717) is 55.2 Å². The van der Waals surface area contributed by atoms with Crippen LogP contribution < -0.4 is 10.3 Å². The summed E-state index contributed by atoms with van der Waals surface area (Å²) >= 11 is 0. The lowest BCUT2D eigenvalue weighted by Gasteiger charge is -2.16. The molecule has 9 heteroatoms. The zero-order chi connectivity index (χ0) is 28.5. The molecule has 0 aliphatic carbocycles. The first-order valence-electron chi connectivity index (χ1n) is 13.9. The average Bonchev–Trinajstić information content (AvgIpc) is 3.26. The van der Waals surface area contributed by atoms with Gasteiger partial charge in [0.05, 0.1) is 18.8 Å². The molecule has 1 unspecified atom stereocenters. The van der Waals surface area contributed by atoms with Crippen LogP contribution in [0.2, 0.25) is 0 Å². The van der Waals surface area contributed by atoms with E-state index in [0.717, 1.165) is 29.7 Å². The van der Waals surface area contributed by atoms with Crippen LogP contribution in [0, 0.1) is 0 Å². The summed E-state index contributed by atoms with van der Waals surface area (Å²) in [7, 11) is 1.79. The second kappa shape index (κ2) is 13.9. The normalized spacial score (nSPS) is 12.0. The molecule has 2 heterocycles. The predicted octanol–water partition coefficient (Wildman–Crippen LogP) is 4.26. The average molecular weight is 547 g/mol. The standard InChI is InChI=1S/C31H38N4O5/c1-5-11-25-28-29(34(4)33-25)30(36)35(27(32-28)21-22-12-9-8-10-13-22)18-19-40-24-16-14-23(15-17-24)20-26(38-6-2)31(37)39-7-3/h8-10,12-17,26H,5-7,11,18-21H2,1-4H3. The summed E-state index contributed by atoms with van der Waals surface area (Å²) < 4.78 is 20.1. The molecular weight excluding hydrogens is 508 g/mol. The zero-order valence-electron chi connectivity index (χ0n) is 23.8. The van der Waals surface area contributed by atoms with E-state index in [-0.39, 0.29) is 18.1 Å². The smallest absolute Gasteiger partial charge is 0.335 e. The van der Waals surface area contributed by atoms with Crippen molar-refractivity contribution in [2.24, 2.45) is 7.05 Å². The van der Waals surface area contributed by atoms with Gasteiger partial charge < -0.3 is 14.2 Å². The number of fused-ring (bicyclic) bond motifs is 1. The number of hydrogen-bond donors (Lipinski definition) is 0. The quantitative estimate of drug-likeness (QED) is 0.218. The Morgan fingerprint density at radius 1 is 0.975 bits per heavy atom. The minimum absolute atomic E-state index is 0.117. The Morgan fingerprint density at radius 3 is 2.40 bits per heavy atom. The van der Waals surface area contributed by atoms with Crippen LogP contribution in [0.4, 0.5) is 0 Å². The molecule has 2 aromatic heterocycles. The highest BCUT2D eigenvalue weighted by molar-refractivity contribution is 5.77. The van der Waals surface area contributed by atoms with Gasteiger partial charge in [-0.15, -0.1) is 0 Å². The van der Waals surface area contributed by atoms with E-state index in [1.54, 1.807) is 23.2 Å². The molecule has 0 radical (unpaired) electrons. The zero-order valence-corrected chi connectivity index (χ0v) is 23.8. The maximum Gasteiger partial charge on any atom is 0.335 e. The first-order valence-corrected chi connectivity index (χ1v) is 13.9. The van der Waals surface area contributed by atoms with E-state index >= 15 is 0 Å². The highest BCUT2D eigenvalue weighted by Crippen LogP contribution is 2.18. The molecule has 4 aromatic rings. The van der Waals surface area contributed by atoms with Gasteiger partial charge in [0.1, 0.15) is 23.7 Å². The number of carbonyl (C=O) groups is 1. The Morgan fingerprint density at radius 2 is 1.73 bits per heavy atom. The summed E-state index contributed by atoms with van der Waals surface area (Å²) in [5, 5.41) is 4.59. The van der Waals surface area contributed by atoms with Crippen LogP contribution in [0.5, 0.6) is 5.75 Å². The molecule has 0 aliphatic rings. The molecule has 0 spiro atoms. The lowest BCUT2D eigenvalue weighted by Crippen LogP contribution is -2.29. The monoisotopic (exact) mass is 546 g/mol. The van der Waals surface area contributed by atoms with Crippen molar-refractivity contribution in [1.29, 1.82) is 0 Å². The first-order chi connectivity index (χ1) is 19.4. The van der Waals surface area contributed by atoms with Gasteiger partial charge in [-0.25, -0.2) is 9.78 Å². The molecule has 40 heavy (non-hydrogen) atoms. The molecule has 212 valence electrons. The van der Waals surface area contributed by atoms with Crippen LogP contribution in [0.1, 0.15) is 49.8 Å². The number of esters is 1. The molecule has 0 bridgehead atoms. The van der Waals surface area contributed by atoms with Crippen molar-refractivity contribution in [2.45, 2.75) is 59.1 Å². The summed E-state index contributed by atoms with van der Waals surface area (Å²) in [6.45, 7) is 7.09. The van der Waals surface area contributed by atoms with E-state index in [1.807, 2.05) is 61.5 Å². The predicted molar refractivity (Wildman–Crippen MR) is 154 cm³/mol. The number of ether oxygens (including phenoxy) is 3. The van der Waals surface area contributed by atoms with Crippen LogP contribution >= 0.6 is 0 Å². The summed E-state index contributed by atoms with van der Waals surface area (Å²) in [6.07, 6.45) is 2.00. The third-order valence-electron chi connectivity index (χ3n) is 6.63. The van der Waals surface area contributed by atoms with Crippen LogP contribution in [-0.2, 0) is 47.1 Å². The number of rotatable bonds is 14. The van der Waals surface area contributed by atoms with Crippen molar-refractivity contribution < 1.29 is 19.0 Å². The second-order valence-corrected chi connectivity index (χ2v) is 9.56. The van der Waals surface area contributed by atoms with Gasteiger partial charge in [-0.05, 0) is 43.5 Å². The molecule has 0 saturated heterocycles. The van der Waals surface area contributed by atoms with Crippen LogP contribution in [0.25, 0.3) is 11.0 Å². The number of aryl methyl sites for hydroxylation is 2. The molecule has 0 fully saturated rings. The summed E-state index contributed by atoms with van der Waals surface area (Å²) in [5.41, 5.74) is 3.94.